The third kappa shape index (κ3) is 4.55. The number of benzene rings is 1. The van der Waals surface area contributed by atoms with Gasteiger partial charge in [0.05, 0.1) is 24.1 Å². The normalized spacial score (nSPS) is 9.45. The van der Waals surface area contributed by atoms with E-state index in [0.717, 1.165) is 0 Å². The number of aldehydes is 1. The molecule has 1 amide bonds. The Balaban J connectivity index is 2.70. The number of hydrogen-bond acceptors (Lipinski definition) is 5. The molecule has 106 valence electrons. The van der Waals surface area contributed by atoms with Crippen LogP contribution in [0.1, 0.15) is 16.8 Å². The standard InChI is InChI=1S/C13H13BrN2O4/c1-19-11-6-9(7-17)5-10(14)13(11)20-8-12(18)16-4-2-3-15/h5-7H,2,4,8H2,1H3,(H,16,18). The van der Waals surface area contributed by atoms with Crippen molar-refractivity contribution >= 4 is 28.1 Å². The summed E-state index contributed by atoms with van der Waals surface area (Å²) in [6.45, 7) is 0.0713. The number of carbonyl (C=O) groups excluding carboxylic acids is 2. The lowest BCUT2D eigenvalue weighted by Crippen LogP contribution is -2.29. The fourth-order valence-electron chi connectivity index (χ4n) is 1.39. The van der Waals surface area contributed by atoms with E-state index in [1.165, 1.54) is 13.2 Å². The molecule has 0 aliphatic heterocycles. The van der Waals surface area contributed by atoms with Crippen molar-refractivity contribution < 1.29 is 19.1 Å². The van der Waals surface area contributed by atoms with Crippen LogP contribution in [-0.4, -0.2) is 32.5 Å². The molecular formula is C13H13BrN2O4. The first-order valence-corrected chi connectivity index (χ1v) is 6.50. The van der Waals surface area contributed by atoms with Gasteiger partial charge in [-0.15, -0.1) is 0 Å². The van der Waals surface area contributed by atoms with Crippen molar-refractivity contribution in [1.29, 1.82) is 5.26 Å². The summed E-state index contributed by atoms with van der Waals surface area (Å²) in [6, 6.07) is 5.00. The Morgan fingerprint density at radius 3 is 2.90 bits per heavy atom. The first-order valence-electron chi connectivity index (χ1n) is 5.71. The summed E-state index contributed by atoms with van der Waals surface area (Å²) >= 11 is 3.25. The van der Waals surface area contributed by atoms with Crippen LogP contribution in [0.4, 0.5) is 0 Å². The second-order valence-corrected chi connectivity index (χ2v) is 4.55. The van der Waals surface area contributed by atoms with E-state index in [4.69, 9.17) is 14.7 Å². The van der Waals surface area contributed by atoms with Crippen LogP contribution in [0.3, 0.4) is 0 Å². The molecule has 0 spiro atoms. The highest BCUT2D eigenvalue weighted by Gasteiger charge is 2.13. The second-order valence-electron chi connectivity index (χ2n) is 3.70. The lowest BCUT2D eigenvalue weighted by atomic mass is 10.2. The van der Waals surface area contributed by atoms with Crippen molar-refractivity contribution in [2.24, 2.45) is 0 Å². The van der Waals surface area contributed by atoms with Crippen LogP contribution in [0.15, 0.2) is 16.6 Å². The van der Waals surface area contributed by atoms with E-state index in [2.05, 4.69) is 21.2 Å². The minimum Gasteiger partial charge on any atom is -0.493 e. The monoisotopic (exact) mass is 340 g/mol. The molecule has 0 saturated heterocycles. The molecule has 6 nitrogen and oxygen atoms in total. The van der Waals surface area contributed by atoms with E-state index in [1.54, 1.807) is 6.07 Å². The Morgan fingerprint density at radius 1 is 1.55 bits per heavy atom. The second kappa shape index (κ2) is 8.17. The molecule has 0 aromatic heterocycles. The maximum absolute atomic E-state index is 11.5. The van der Waals surface area contributed by atoms with E-state index < -0.39 is 0 Å². The lowest BCUT2D eigenvalue weighted by Gasteiger charge is -2.12. The number of nitrogens with zero attached hydrogens (tertiary/aromatic N) is 1. The molecule has 0 heterocycles. The number of nitriles is 1. The van der Waals surface area contributed by atoms with Crippen LogP contribution in [0.5, 0.6) is 11.5 Å². The predicted octanol–water partition coefficient (Wildman–Crippen LogP) is 1.68. The van der Waals surface area contributed by atoms with Crippen LogP contribution in [-0.2, 0) is 4.79 Å². The van der Waals surface area contributed by atoms with Gasteiger partial charge in [0.15, 0.2) is 18.1 Å². The van der Waals surface area contributed by atoms with Gasteiger partial charge in [0.2, 0.25) is 0 Å². The molecule has 0 radical (unpaired) electrons. The molecule has 0 aliphatic carbocycles. The molecule has 0 saturated carbocycles. The number of ether oxygens (including phenoxy) is 2. The summed E-state index contributed by atoms with van der Waals surface area (Å²) < 4.78 is 11.0. The predicted molar refractivity (Wildman–Crippen MR) is 74.8 cm³/mol. The highest BCUT2D eigenvalue weighted by molar-refractivity contribution is 9.10. The molecule has 20 heavy (non-hydrogen) atoms. The molecule has 1 N–H and O–H groups in total. The van der Waals surface area contributed by atoms with Gasteiger partial charge in [-0.3, -0.25) is 9.59 Å². The molecule has 0 bridgehead atoms. The maximum Gasteiger partial charge on any atom is 0.257 e. The molecule has 0 aliphatic rings. The maximum atomic E-state index is 11.5. The van der Waals surface area contributed by atoms with E-state index >= 15 is 0 Å². The zero-order valence-electron chi connectivity index (χ0n) is 10.8. The van der Waals surface area contributed by atoms with Gasteiger partial charge in [-0.2, -0.15) is 5.26 Å². The summed E-state index contributed by atoms with van der Waals surface area (Å²) in [5.41, 5.74) is 0.430. The number of halogens is 1. The van der Waals surface area contributed by atoms with Gasteiger partial charge in [0.25, 0.3) is 5.91 Å². The van der Waals surface area contributed by atoms with Gasteiger partial charge in [-0.25, -0.2) is 0 Å². The smallest absolute Gasteiger partial charge is 0.257 e. The van der Waals surface area contributed by atoms with Crippen molar-refractivity contribution in [3.63, 3.8) is 0 Å². The molecule has 1 aromatic rings. The van der Waals surface area contributed by atoms with Crippen molar-refractivity contribution in [2.45, 2.75) is 6.42 Å². The molecular weight excluding hydrogens is 328 g/mol. The van der Waals surface area contributed by atoms with Crippen molar-refractivity contribution in [2.75, 3.05) is 20.3 Å². The minimum absolute atomic E-state index is 0.208. The average Bonchev–Trinajstić information content (AvgIpc) is 2.45. The van der Waals surface area contributed by atoms with Crippen molar-refractivity contribution in [3.05, 3.63) is 22.2 Å². The Bertz CT molecular complexity index is 540. The first-order chi connectivity index (χ1) is 9.62. The Morgan fingerprint density at radius 2 is 2.30 bits per heavy atom. The van der Waals surface area contributed by atoms with Gasteiger partial charge >= 0.3 is 0 Å². The summed E-state index contributed by atoms with van der Waals surface area (Å²) in [5.74, 6) is 0.355. The first kappa shape index (κ1) is 16.0. The number of carbonyl (C=O) groups is 2. The fourth-order valence-corrected chi connectivity index (χ4v) is 1.97. The summed E-state index contributed by atoms with van der Waals surface area (Å²) in [4.78, 5) is 22.2. The van der Waals surface area contributed by atoms with Gasteiger partial charge in [-0.05, 0) is 28.1 Å². The average molecular weight is 341 g/mol. The van der Waals surface area contributed by atoms with Crippen LogP contribution in [0.25, 0.3) is 0 Å². The van der Waals surface area contributed by atoms with Crippen molar-refractivity contribution in [3.8, 4) is 17.6 Å². The van der Waals surface area contributed by atoms with Gasteiger partial charge in [0, 0.05) is 12.1 Å². The Kier molecular flexibility index (Phi) is 6.53. The highest BCUT2D eigenvalue weighted by Crippen LogP contribution is 2.36. The number of hydrogen-bond donors (Lipinski definition) is 1. The van der Waals surface area contributed by atoms with Gasteiger partial charge in [0.1, 0.15) is 6.29 Å². The SMILES string of the molecule is COc1cc(C=O)cc(Br)c1OCC(=O)NCCC#N. The van der Waals surface area contributed by atoms with Crippen LogP contribution in [0.2, 0.25) is 0 Å². The summed E-state index contributed by atoms with van der Waals surface area (Å²) in [7, 11) is 1.44. The number of nitrogens with one attached hydrogen (secondary N) is 1. The van der Waals surface area contributed by atoms with E-state index in [0.29, 0.717) is 27.8 Å². The van der Waals surface area contributed by atoms with E-state index in [-0.39, 0.29) is 25.5 Å². The minimum atomic E-state index is -0.339. The van der Waals surface area contributed by atoms with Gasteiger partial charge in [-0.1, -0.05) is 0 Å². The van der Waals surface area contributed by atoms with E-state index in [9.17, 15) is 9.59 Å². The Labute approximate surface area is 124 Å². The van der Waals surface area contributed by atoms with Crippen LogP contribution < -0.4 is 14.8 Å². The third-order valence-electron chi connectivity index (χ3n) is 2.29. The number of methoxy groups -OCH3 is 1. The summed E-state index contributed by atoms with van der Waals surface area (Å²) in [5, 5.41) is 10.9. The number of rotatable bonds is 7. The summed E-state index contributed by atoms with van der Waals surface area (Å²) in [6.07, 6.45) is 0.929. The largest absolute Gasteiger partial charge is 0.493 e. The topological polar surface area (TPSA) is 88.4 Å². The van der Waals surface area contributed by atoms with Crippen LogP contribution >= 0.6 is 15.9 Å². The zero-order valence-corrected chi connectivity index (χ0v) is 12.4. The zero-order chi connectivity index (χ0) is 15.0. The Hall–Kier alpha value is -2.07. The molecule has 7 heteroatoms. The van der Waals surface area contributed by atoms with Crippen LogP contribution in [0, 0.1) is 11.3 Å². The van der Waals surface area contributed by atoms with Gasteiger partial charge < -0.3 is 14.8 Å². The molecule has 0 fully saturated rings. The molecule has 1 rings (SSSR count). The molecule has 0 unspecified atom stereocenters. The van der Waals surface area contributed by atoms with Crippen molar-refractivity contribution in [1.82, 2.24) is 5.32 Å². The lowest BCUT2D eigenvalue weighted by molar-refractivity contribution is -0.123. The third-order valence-corrected chi connectivity index (χ3v) is 2.88. The molecule has 0 atom stereocenters. The quantitative estimate of drug-likeness (QED) is 0.602. The number of amides is 1. The highest BCUT2D eigenvalue weighted by atomic mass is 79.9. The fraction of sp³-hybridized carbons (Fsp3) is 0.308. The van der Waals surface area contributed by atoms with E-state index in [1.807, 2.05) is 6.07 Å². The molecule has 1 aromatic carbocycles.